The van der Waals surface area contributed by atoms with Gasteiger partial charge in [0.2, 0.25) is 5.91 Å². The molecule has 7 heteroatoms. The van der Waals surface area contributed by atoms with E-state index in [1.807, 2.05) is 65.0 Å². The molecule has 1 heterocycles. The van der Waals surface area contributed by atoms with E-state index >= 15 is 0 Å². The monoisotopic (exact) mass is 482 g/mol. The zero-order valence-corrected chi connectivity index (χ0v) is 20.9. The number of amides is 1. The van der Waals surface area contributed by atoms with Gasteiger partial charge in [-0.05, 0) is 60.9 Å². The molecule has 0 aliphatic rings. The van der Waals surface area contributed by atoms with E-state index in [2.05, 4.69) is 5.32 Å². The Morgan fingerprint density at radius 2 is 1.73 bits per heavy atom. The first kappa shape index (κ1) is 24.7. The minimum Gasteiger partial charge on any atom is -0.325 e. The van der Waals surface area contributed by atoms with Crippen LogP contribution in [0.1, 0.15) is 37.5 Å². The molecule has 3 aromatic rings. The maximum atomic E-state index is 13.2. The number of rotatable bonds is 5. The molecule has 0 atom stereocenters. The van der Waals surface area contributed by atoms with Crippen LogP contribution in [0.2, 0.25) is 5.02 Å². The van der Waals surface area contributed by atoms with Gasteiger partial charge >= 0.3 is 0 Å². The number of hydrogen-bond acceptors (Lipinski definition) is 4. The second-order valence-electron chi connectivity index (χ2n) is 9.00. The fourth-order valence-electron chi connectivity index (χ4n) is 3.00. The Kier molecular flexibility index (Phi) is 7.40. The summed E-state index contributed by atoms with van der Waals surface area (Å²) in [6.07, 6.45) is 3.19. The van der Waals surface area contributed by atoms with E-state index in [9.17, 15) is 14.4 Å². The van der Waals surface area contributed by atoms with Crippen molar-refractivity contribution in [2.45, 2.75) is 41.2 Å². The Bertz CT molecular complexity index is 1380. The van der Waals surface area contributed by atoms with Gasteiger partial charge in [0.1, 0.15) is 11.2 Å². The van der Waals surface area contributed by atoms with Gasteiger partial charge in [-0.1, -0.05) is 50.6 Å². The van der Waals surface area contributed by atoms with Gasteiger partial charge in [-0.3, -0.25) is 19.0 Å². The van der Waals surface area contributed by atoms with Gasteiger partial charge in [0.05, 0.1) is 4.53 Å². The van der Waals surface area contributed by atoms with Crippen LogP contribution < -0.4 is 20.1 Å². The molecule has 1 amide bonds. The highest BCUT2D eigenvalue weighted by Gasteiger charge is 2.20. The lowest BCUT2D eigenvalue weighted by atomic mass is 9.91. The lowest BCUT2D eigenvalue weighted by Crippen LogP contribution is -2.36. The quantitative estimate of drug-likeness (QED) is 0.596. The number of Topliss-reactive ketones (excluding diaryl/α,β-unsaturated/α-hetero) is 1. The minimum atomic E-state index is -0.605. The maximum Gasteiger partial charge on any atom is 0.269 e. The summed E-state index contributed by atoms with van der Waals surface area (Å²) in [5, 5.41) is 3.44. The van der Waals surface area contributed by atoms with Gasteiger partial charge in [0.15, 0.2) is 5.78 Å². The van der Waals surface area contributed by atoms with Crippen molar-refractivity contribution < 1.29 is 9.59 Å². The third-order valence-corrected chi connectivity index (χ3v) is 6.50. The van der Waals surface area contributed by atoms with Gasteiger partial charge < -0.3 is 5.32 Å². The standard InChI is InChI=1S/C26H27ClN2O3S/c1-16-6-11-20(12-17(16)2)28-23(31)15-29-24(14-22(30)26(3,4)5)33-21(25(29)32)13-18-7-9-19(27)10-8-18/h6-14H,15H2,1-5H3,(H,28,31)/b21-13-,24-14+. The van der Waals surface area contributed by atoms with Crippen LogP contribution in [0.15, 0.2) is 47.3 Å². The number of carbonyl (C=O) groups is 2. The van der Waals surface area contributed by atoms with Crippen molar-refractivity contribution >= 4 is 52.5 Å². The van der Waals surface area contributed by atoms with Gasteiger partial charge in [-0.25, -0.2) is 0 Å². The Labute approximate surface area is 202 Å². The minimum absolute atomic E-state index is 0.120. The fourth-order valence-corrected chi connectivity index (χ4v) is 4.16. The van der Waals surface area contributed by atoms with Crippen molar-refractivity contribution in [3.63, 3.8) is 0 Å². The number of anilines is 1. The molecule has 0 fully saturated rings. The predicted octanol–water partition coefficient (Wildman–Crippen LogP) is 4.04. The van der Waals surface area contributed by atoms with Crippen molar-refractivity contribution in [2.75, 3.05) is 5.32 Å². The number of benzene rings is 2. The van der Waals surface area contributed by atoms with Crippen LogP contribution >= 0.6 is 22.9 Å². The normalized spacial score (nSPS) is 12.8. The van der Waals surface area contributed by atoms with Crippen molar-refractivity contribution in [3.05, 3.63) is 83.7 Å². The summed E-state index contributed by atoms with van der Waals surface area (Å²) in [6.45, 7) is 9.22. The smallest absolute Gasteiger partial charge is 0.269 e. The molecule has 0 aliphatic heterocycles. The third-order valence-electron chi connectivity index (χ3n) is 5.19. The first-order valence-corrected chi connectivity index (χ1v) is 11.7. The zero-order chi connectivity index (χ0) is 24.3. The molecule has 0 radical (unpaired) electrons. The van der Waals surface area contributed by atoms with Crippen molar-refractivity contribution in [3.8, 4) is 0 Å². The summed E-state index contributed by atoms with van der Waals surface area (Å²) in [7, 11) is 0. The summed E-state index contributed by atoms with van der Waals surface area (Å²) in [5.74, 6) is -0.459. The zero-order valence-electron chi connectivity index (χ0n) is 19.4. The molecule has 3 rings (SSSR count). The lowest BCUT2D eigenvalue weighted by Gasteiger charge is -2.13. The number of thiazole rings is 1. The van der Waals surface area contributed by atoms with Crippen LogP contribution in [0.3, 0.4) is 0 Å². The summed E-state index contributed by atoms with van der Waals surface area (Å²) >= 11 is 7.14. The number of halogens is 1. The van der Waals surface area contributed by atoms with E-state index < -0.39 is 5.41 Å². The average Bonchev–Trinajstić information content (AvgIpc) is 3.00. The number of aromatic nitrogens is 1. The largest absolute Gasteiger partial charge is 0.325 e. The summed E-state index contributed by atoms with van der Waals surface area (Å²) in [6, 6.07) is 12.7. The van der Waals surface area contributed by atoms with Crippen molar-refractivity contribution in [1.82, 2.24) is 4.57 Å². The molecular weight excluding hydrogens is 456 g/mol. The molecule has 5 nitrogen and oxygen atoms in total. The highest BCUT2D eigenvalue weighted by Crippen LogP contribution is 2.15. The van der Waals surface area contributed by atoms with Crippen LogP contribution in [-0.4, -0.2) is 16.3 Å². The van der Waals surface area contributed by atoms with E-state index in [-0.39, 0.29) is 23.8 Å². The van der Waals surface area contributed by atoms with Gasteiger partial charge in [0, 0.05) is 22.2 Å². The third kappa shape index (κ3) is 6.30. The van der Waals surface area contributed by atoms with Crippen LogP contribution in [0.4, 0.5) is 5.69 Å². The Balaban J connectivity index is 2.03. The number of aryl methyl sites for hydroxylation is 2. The maximum absolute atomic E-state index is 13.2. The van der Waals surface area contributed by atoms with Gasteiger partial charge in [0.25, 0.3) is 5.56 Å². The second kappa shape index (κ2) is 9.89. The predicted molar refractivity (Wildman–Crippen MR) is 136 cm³/mol. The van der Waals surface area contributed by atoms with Crippen molar-refractivity contribution in [2.24, 2.45) is 5.41 Å². The van der Waals surface area contributed by atoms with E-state index in [0.29, 0.717) is 19.9 Å². The number of nitrogens with one attached hydrogen (secondary N) is 1. The van der Waals surface area contributed by atoms with Crippen LogP contribution in [-0.2, 0) is 16.1 Å². The van der Waals surface area contributed by atoms with Gasteiger partial charge in [-0.2, -0.15) is 0 Å². The molecule has 33 heavy (non-hydrogen) atoms. The molecule has 0 saturated heterocycles. The Morgan fingerprint density at radius 1 is 1.06 bits per heavy atom. The second-order valence-corrected chi connectivity index (χ2v) is 10.5. The average molecular weight is 483 g/mol. The first-order valence-electron chi connectivity index (χ1n) is 10.5. The topological polar surface area (TPSA) is 68.2 Å². The van der Waals surface area contributed by atoms with E-state index in [1.165, 1.54) is 22.0 Å². The first-order chi connectivity index (χ1) is 15.4. The highest BCUT2D eigenvalue weighted by atomic mass is 35.5. The number of hydrogen-bond donors (Lipinski definition) is 1. The molecule has 0 bridgehead atoms. The van der Waals surface area contributed by atoms with Gasteiger partial charge in [-0.15, -0.1) is 11.3 Å². The highest BCUT2D eigenvalue weighted by molar-refractivity contribution is 7.07. The Morgan fingerprint density at radius 3 is 2.33 bits per heavy atom. The van der Waals surface area contributed by atoms with Crippen molar-refractivity contribution in [1.29, 1.82) is 0 Å². The molecule has 1 N–H and O–H groups in total. The summed E-state index contributed by atoms with van der Waals surface area (Å²) < 4.78 is 2.23. The molecular formula is C26H27ClN2O3S. The molecule has 0 aliphatic carbocycles. The SMILES string of the molecule is Cc1ccc(NC(=O)Cn2c(=O)/c(=C/c3ccc(Cl)cc3)s/c2=C/C(=O)C(C)(C)C)cc1C. The summed E-state index contributed by atoms with van der Waals surface area (Å²) in [4.78, 5) is 38.6. The molecule has 0 spiro atoms. The Hall–Kier alpha value is -2.96. The van der Waals surface area contributed by atoms with Crippen LogP contribution in [0, 0.1) is 19.3 Å². The molecule has 1 aromatic heterocycles. The van der Waals surface area contributed by atoms with E-state index in [1.54, 1.807) is 18.2 Å². The number of nitrogens with zero attached hydrogens (tertiary/aromatic N) is 1. The molecule has 172 valence electrons. The van der Waals surface area contributed by atoms with Crippen LogP contribution in [0.25, 0.3) is 12.2 Å². The fraction of sp³-hybridized carbons (Fsp3) is 0.269. The molecule has 0 saturated carbocycles. The van der Waals surface area contributed by atoms with Crippen LogP contribution in [0.5, 0.6) is 0 Å². The number of ketones is 1. The molecule has 0 unspecified atom stereocenters. The molecule has 2 aromatic carbocycles. The number of carbonyl (C=O) groups excluding carboxylic acids is 2. The van der Waals surface area contributed by atoms with E-state index in [0.717, 1.165) is 16.7 Å². The van der Waals surface area contributed by atoms with E-state index in [4.69, 9.17) is 11.6 Å². The summed E-state index contributed by atoms with van der Waals surface area (Å²) in [5.41, 5.74) is 2.73. The lowest BCUT2D eigenvalue weighted by molar-refractivity contribution is -0.120.